The Balaban J connectivity index is 2.28. The van der Waals surface area contributed by atoms with Gasteiger partial charge in [0.05, 0.1) is 5.69 Å². The molecule has 2 aromatic rings. The molecule has 0 amide bonds. The highest BCUT2D eigenvalue weighted by Crippen LogP contribution is 2.25. The van der Waals surface area contributed by atoms with Crippen LogP contribution in [0.5, 0.6) is 0 Å². The van der Waals surface area contributed by atoms with Gasteiger partial charge < -0.3 is 11.1 Å². The minimum atomic E-state index is -3.54. The molecule has 0 heterocycles. The van der Waals surface area contributed by atoms with Gasteiger partial charge in [-0.3, -0.25) is 0 Å². The summed E-state index contributed by atoms with van der Waals surface area (Å²) in [5.41, 5.74) is 7.49. The number of hydrogen-bond donors (Lipinski definition) is 3. The van der Waals surface area contributed by atoms with Crippen LogP contribution >= 0.6 is 11.6 Å². The van der Waals surface area contributed by atoms with Crippen LogP contribution in [0.3, 0.4) is 0 Å². The van der Waals surface area contributed by atoms with E-state index in [0.29, 0.717) is 10.7 Å². The second-order valence-corrected chi connectivity index (χ2v) is 6.38. The zero-order chi connectivity index (χ0) is 14.8. The monoisotopic (exact) mass is 311 g/mol. The molecule has 0 saturated carbocycles. The molecular formula is C13H14ClN3O2S. The SMILES string of the molecule is CNS(=O)(=O)c1ccc(Nc2ccc(Cl)cc2)cc1N. The standard InChI is InChI=1S/C13H14ClN3O2S/c1-16-20(18,19)13-7-6-11(8-12(13)15)17-10-4-2-9(14)3-5-10/h2-8,16-17H,15H2,1H3. The average molecular weight is 312 g/mol. The van der Waals surface area contributed by atoms with E-state index in [0.717, 1.165) is 5.69 Å². The fraction of sp³-hybridized carbons (Fsp3) is 0.0769. The van der Waals surface area contributed by atoms with Crippen molar-refractivity contribution >= 4 is 38.7 Å². The van der Waals surface area contributed by atoms with E-state index in [-0.39, 0.29) is 10.6 Å². The van der Waals surface area contributed by atoms with Crippen LogP contribution in [0.25, 0.3) is 0 Å². The number of nitrogen functional groups attached to an aromatic ring is 1. The molecule has 2 rings (SSSR count). The molecule has 0 bridgehead atoms. The first-order valence-electron chi connectivity index (χ1n) is 5.78. The van der Waals surface area contributed by atoms with Crippen molar-refractivity contribution in [2.75, 3.05) is 18.1 Å². The van der Waals surface area contributed by atoms with E-state index in [1.165, 1.54) is 13.1 Å². The summed E-state index contributed by atoms with van der Waals surface area (Å²) >= 11 is 5.81. The number of benzene rings is 2. The number of rotatable bonds is 4. The van der Waals surface area contributed by atoms with Crippen molar-refractivity contribution in [3.05, 3.63) is 47.5 Å². The van der Waals surface area contributed by atoms with E-state index < -0.39 is 10.0 Å². The highest BCUT2D eigenvalue weighted by Gasteiger charge is 2.15. The second-order valence-electron chi connectivity index (χ2n) is 4.09. The van der Waals surface area contributed by atoms with E-state index in [1.54, 1.807) is 24.3 Å². The first-order valence-corrected chi connectivity index (χ1v) is 7.64. The van der Waals surface area contributed by atoms with Crippen molar-refractivity contribution in [3.8, 4) is 0 Å². The lowest BCUT2D eigenvalue weighted by Crippen LogP contribution is -2.19. The molecule has 4 N–H and O–H groups in total. The van der Waals surface area contributed by atoms with Crippen LogP contribution in [-0.2, 0) is 10.0 Å². The molecular weight excluding hydrogens is 298 g/mol. The van der Waals surface area contributed by atoms with Crippen LogP contribution in [0.2, 0.25) is 5.02 Å². The number of anilines is 3. The minimum Gasteiger partial charge on any atom is -0.398 e. The minimum absolute atomic E-state index is 0.0571. The normalized spacial score (nSPS) is 11.3. The maximum atomic E-state index is 11.7. The van der Waals surface area contributed by atoms with Crippen molar-refractivity contribution in [3.63, 3.8) is 0 Å². The summed E-state index contributed by atoms with van der Waals surface area (Å²) in [6.45, 7) is 0. The maximum absolute atomic E-state index is 11.7. The smallest absolute Gasteiger partial charge is 0.242 e. The molecule has 0 spiro atoms. The van der Waals surface area contributed by atoms with Gasteiger partial charge in [0.25, 0.3) is 0 Å². The fourth-order valence-electron chi connectivity index (χ4n) is 1.68. The maximum Gasteiger partial charge on any atom is 0.242 e. The summed E-state index contributed by atoms with van der Waals surface area (Å²) in [6, 6.07) is 11.8. The van der Waals surface area contributed by atoms with E-state index in [4.69, 9.17) is 17.3 Å². The molecule has 0 atom stereocenters. The van der Waals surface area contributed by atoms with Gasteiger partial charge in [-0.05, 0) is 49.5 Å². The van der Waals surface area contributed by atoms with E-state index in [9.17, 15) is 8.42 Å². The molecule has 106 valence electrons. The van der Waals surface area contributed by atoms with Gasteiger partial charge in [0.15, 0.2) is 0 Å². The quantitative estimate of drug-likeness (QED) is 0.758. The van der Waals surface area contributed by atoms with E-state index >= 15 is 0 Å². The third-order valence-corrected chi connectivity index (χ3v) is 4.44. The first kappa shape index (κ1) is 14.6. The summed E-state index contributed by atoms with van der Waals surface area (Å²) in [5, 5.41) is 3.76. The van der Waals surface area contributed by atoms with Crippen molar-refractivity contribution < 1.29 is 8.42 Å². The Kier molecular flexibility index (Phi) is 4.17. The fourth-order valence-corrected chi connectivity index (χ4v) is 2.64. The Bertz CT molecular complexity index is 715. The van der Waals surface area contributed by atoms with Crippen molar-refractivity contribution in [2.45, 2.75) is 4.90 Å². The van der Waals surface area contributed by atoms with Gasteiger partial charge in [-0.15, -0.1) is 0 Å². The van der Waals surface area contributed by atoms with Gasteiger partial charge in [0.1, 0.15) is 4.90 Å². The molecule has 0 unspecified atom stereocenters. The number of halogens is 1. The lowest BCUT2D eigenvalue weighted by molar-refractivity contribution is 0.588. The molecule has 0 saturated heterocycles. The van der Waals surface area contributed by atoms with Gasteiger partial charge in [0.2, 0.25) is 10.0 Å². The Morgan fingerprint density at radius 2 is 1.65 bits per heavy atom. The predicted octanol–water partition coefficient (Wildman–Crippen LogP) is 2.57. The van der Waals surface area contributed by atoms with Gasteiger partial charge in [-0.1, -0.05) is 11.6 Å². The average Bonchev–Trinajstić information content (AvgIpc) is 2.41. The highest BCUT2D eigenvalue weighted by molar-refractivity contribution is 7.89. The lowest BCUT2D eigenvalue weighted by Gasteiger charge is -2.10. The predicted molar refractivity (Wildman–Crippen MR) is 81.8 cm³/mol. The van der Waals surface area contributed by atoms with Crippen molar-refractivity contribution in [1.82, 2.24) is 4.72 Å². The summed E-state index contributed by atoms with van der Waals surface area (Å²) in [7, 11) is -2.20. The summed E-state index contributed by atoms with van der Waals surface area (Å²) in [5.74, 6) is 0. The molecule has 0 aliphatic rings. The third-order valence-electron chi connectivity index (χ3n) is 2.70. The Morgan fingerprint density at radius 1 is 1.05 bits per heavy atom. The van der Waals surface area contributed by atoms with Gasteiger partial charge in [-0.25, -0.2) is 13.1 Å². The summed E-state index contributed by atoms with van der Waals surface area (Å²) in [6.07, 6.45) is 0. The second kappa shape index (κ2) is 5.70. The van der Waals surface area contributed by atoms with E-state index in [1.807, 2.05) is 12.1 Å². The molecule has 0 aromatic heterocycles. The van der Waals surface area contributed by atoms with Crippen LogP contribution in [0, 0.1) is 0 Å². The molecule has 2 aromatic carbocycles. The molecule has 5 nitrogen and oxygen atoms in total. The van der Waals surface area contributed by atoms with Gasteiger partial charge in [0, 0.05) is 16.4 Å². The van der Waals surface area contributed by atoms with Crippen LogP contribution in [-0.4, -0.2) is 15.5 Å². The third kappa shape index (κ3) is 3.22. The van der Waals surface area contributed by atoms with Crippen LogP contribution in [0.1, 0.15) is 0 Å². The number of nitrogens with two attached hydrogens (primary N) is 1. The zero-order valence-electron chi connectivity index (χ0n) is 10.7. The molecule has 0 fully saturated rings. The first-order chi connectivity index (χ1) is 9.42. The van der Waals surface area contributed by atoms with Gasteiger partial charge in [-0.2, -0.15) is 0 Å². The number of nitrogens with one attached hydrogen (secondary N) is 2. The molecule has 0 aliphatic carbocycles. The van der Waals surface area contributed by atoms with Gasteiger partial charge >= 0.3 is 0 Å². The number of hydrogen-bond acceptors (Lipinski definition) is 4. The summed E-state index contributed by atoms with van der Waals surface area (Å²) in [4.78, 5) is 0.0571. The Labute approximate surface area is 122 Å². The van der Waals surface area contributed by atoms with Crippen molar-refractivity contribution in [1.29, 1.82) is 0 Å². The number of sulfonamides is 1. The lowest BCUT2D eigenvalue weighted by atomic mass is 10.2. The molecule has 20 heavy (non-hydrogen) atoms. The van der Waals surface area contributed by atoms with Crippen LogP contribution in [0.15, 0.2) is 47.4 Å². The van der Waals surface area contributed by atoms with Crippen LogP contribution < -0.4 is 15.8 Å². The summed E-state index contributed by atoms with van der Waals surface area (Å²) < 4.78 is 25.6. The Hall–Kier alpha value is -1.76. The van der Waals surface area contributed by atoms with E-state index in [2.05, 4.69) is 10.0 Å². The molecule has 7 heteroatoms. The highest BCUT2D eigenvalue weighted by atomic mass is 35.5. The zero-order valence-corrected chi connectivity index (χ0v) is 12.3. The Morgan fingerprint density at radius 3 is 2.20 bits per heavy atom. The molecule has 0 radical (unpaired) electrons. The largest absolute Gasteiger partial charge is 0.398 e. The molecule has 0 aliphatic heterocycles. The topological polar surface area (TPSA) is 84.2 Å². The van der Waals surface area contributed by atoms with Crippen LogP contribution in [0.4, 0.5) is 17.1 Å². The van der Waals surface area contributed by atoms with Crippen molar-refractivity contribution in [2.24, 2.45) is 0 Å².